The molecular formula is C18H25O4. The molecule has 0 spiro atoms. The Morgan fingerprint density at radius 3 is 2.45 bits per heavy atom. The van der Waals surface area contributed by atoms with Gasteiger partial charge in [0, 0.05) is 0 Å². The van der Waals surface area contributed by atoms with Crippen LogP contribution < -0.4 is 4.74 Å². The van der Waals surface area contributed by atoms with Crippen molar-refractivity contribution in [2.75, 3.05) is 7.11 Å². The summed E-state index contributed by atoms with van der Waals surface area (Å²) in [6.07, 6.45) is 8.79. The second kappa shape index (κ2) is 8.79. The second-order valence-corrected chi connectivity index (χ2v) is 5.81. The maximum Gasteiger partial charge on any atom is 0.373 e. The van der Waals surface area contributed by atoms with E-state index in [9.17, 15) is 4.79 Å². The molecule has 2 rings (SSSR count). The molecule has 1 radical (unpaired) electrons. The van der Waals surface area contributed by atoms with Crippen LogP contribution in [0.15, 0.2) is 24.3 Å². The third-order valence-corrected chi connectivity index (χ3v) is 4.19. The molecule has 1 aromatic carbocycles. The van der Waals surface area contributed by atoms with Crippen LogP contribution in [0.1, 0.15) is 62.2 Å². The van der Waals surface area contributed by atoms with Gasteiger partial charge in [-0.2, -0.15) is 4.89 Å². The van der Waals surface area contributed by atoms with Gasteiger partial charge in [-0.25, -0.2) is 4.79 Å². The molecule has 0 aromatic heterocycles. The molecule has 0 saturated heterocycles. The van der Waals surface area contributed by atoms with E-state index in [1.165, 1.54) is 19.3 Å². The Morgan fingerprint density at radius 2 is 1.86 bits per heavy atom. The van der Waals surface area contributed by atoms with E-state index in [4.69, 9.17) is 14.5 Å². The normalized spacial score (nSPS) is 16.5. The van der Waals surface area contributed by atoms with Crippen molar-refractivity contribution in [3.63, 3.8) is 0 Å². The lowest BCUT2D eigenvalue weighted by Gasteiger charge is -2.26. The molecule has 1 saturated carbocycles. The van der Waals surface area contributed by atoms with E-state index < -0.39 is 5.97 Å². The molecule has 4 nitrogen and oxygen atoms in total. The van der Waals surface area contributed by atoms with Gasteiger partial charge < -0.3 is 4.74 Å². The summed E-state index contributed by atoms with van der Waals surface area (Å²) in [7, 11) is 1.59. The lowest BCUT2D eigenvalue weighted by atomic mass is 9.84. The maximum absolute atomic E-state index is 11.9. The number of benzene rings is 1. The summed E-state index contributed by atoms with van der Waals surface area (Å²) in [6, 6.07) is 6.78. The van der Waals surface area contributed by atoms with Gasteiger partial charge in [0.05, 0.1) is 12.7 Å². The lowest BCUT2D eigenvalue weighted by Crippen LogP contribution is -2.17. The summed E-state index contributed by atoms with van der Waals surface area (Å²) in [5, 5.41) is 0. The first kappa shape index (κ1) is 16.8. The standard InChI is InChI=1S/C18H25O4/c1-3-4-5-14-6-10-17(11-7-14)21-22-18(19)15-8-12-16(20-2)13-9-15/h8-9,12-14H,3-7,10-11H2,1-2H3. The van der Waals surface area contributed by atoms with Gasteiger partial charge in [0.2, 0.25) is 0 Å². The summed E-state index contributed by atoms with van der Waals surface area (Å²) in [4.78, 5) is 22.1. The first-order chi connectivity index (χ1) is 10.7. The summed E-state index contributed by atoms with van der Waals surface area (Å²) in [6.45, 7) is 2.22. The highest BCUT2D eigenvalue weighted by molar-refractivity contribution is 5.89. The SMILES string of the molecule is CCCCC1CC[C](OOC(=O)c2ccc(OC)cc2)CC1. The molecule has 0 unspecified atom stereocenters. The zero-order chi connectivity index (χ0) is 15.8. The average molecular weight is 305 g/mol. The van der Waals surface area contributed by atoms with Crippen LogP contribution in [0.3, 0.4) is 0 Å². The molecule has 0 amide bonds. The summed E-state index contributed by atoms with van der Waals surface area (Å²) in [5.74, 6) is 1.03. The second-order valence-electron chi connectivity index (χ2n) is 5.81. The zero-order valence-corrected chi connectivity index (χ0v) is 13.5. The third-order valence-electron chi connectivity index (χ3n) is 4.19. The Hall–Kier alpha value is -1.55. The molecule has 4 heteroatoms. The first-order valence-corrected chi connectivity index (χ1v) is 8.10. The average Bonchev–Trinajstić information content (AvgIpc) is 2.58. The topological polar surface area (TPSA) is 44.8 Å². The van der Waals surface area contributed by atoms with Crippen LogP contribution in [0.2, 0.25) is 0 Å². The van der Waals surface area contributed by atoms with Crippen LogP contribution in [-0.4, -0.2) is 13.1 Å². The summed E-state index contributed by atoms with van der Waals surface area (Å²) < 4.78 is 5.05. The number of rotatable bonds is 7. The number of hydrogen-bond donors (Lipinski definition) is 0. The fourth-order valence-corrected chi connectivity index (χ4v) is 2.74. The van der Waals surface area contributed by atoms with Crippen LogP contribution in [-0.2, 0) is 9.78 Å². The summed E-state index contributed by atoms with van der Waals surface area (Å²) >= 11 is 0. The molecule has 0 N–H and O–H groups in total. The number of ether oxygens (including phenoxy) is 1. The molecule has 1 aliphatic carbocycles. The molecule has 1 aromatic rings. The Balaban J connectivity index is 1.70. The first-order valence-electron chi connectivity index (χ1n) is 8.10. The molecule has 1 aliphatic rings. The van der Waals surface area contributed by atoms with E-state index in [0.717, 1.165) is 37.7 Å². The van der Waals surface area contributed by atoms with Gasteiger partial charge in [-0.15, -0.1) is 0 Å². The maximum atomic E-state index is 11.9. The molecular weight excluding hydrogens is 280 g/mol. The van der Waals surface area contributed by atoms with E-state index in [1.54, 1.807) is 31.4 Å². The zero-order valence-electron chi connectivity index (χ0n) is 13.5. The van der Waals surface area contributed by atoms with Gasteiger partial charge >= 0.3 is 5.97 Å². The van der Waals surface area contributed by atoms with E-state index in [2.05, 4.69) is 6.92 Å². The fourth-order valence-electron chi connectivity index (χ4n) is 2.74. The third kappa shape index (κ3) is 5.02. The molecule has 0 bridgehead atoms. The number of unbranched alkanes of at least 4 members (excludes halogenated alkanes) is 1. The fraction of sp³-hybridized carbons (Fsp3) is 0.556. The smallest absolute Gasteiger partial charge is 0.373 e. The summed E-state index contributed by atoms with van der Waals surface area (Å²) in [5.41, 5.74) is 0.457. The van der Waals surface area contributed by atoms with E-state index in [0.29, 0.717) is 11.3 Å². The Bertz CT molecular complexity index is 447. The van der Waals surface area contributed by atoms with Crippen molar-refractivity contribution in [2.45, 2.75) is 51.9 Å². The molecule has 121 valence electrons. The largest absolute Gasteiger partial charge is 0.497 e. The predicted molar refractivity (Wildman–Crippen MR) is 84.2 cm³/mol. The Kier molecular flexibility index (Phi) is 6.72. The van der Waals surface area contributed by atoms with Crippen molar-refractivity contribution < 1.29 is 19.3 Å². The van der Waals surface area contributed by atoms with E-state index in [1.807, 2.05) is 0 Å². The Labute approximate surface area is 132 Å². The van der Waals surface area contributed by atoms with E-state index in [-0.39, 0.29) is 0 Å². The van der Waals surface area contributed by atoms with Gasteiger partial charge in [-0.05, 0) is 55.9 Å². The number of methoxy groups -OCH3 is 1. The van der Waals surface area contributed by atoms with Crippen LogP contribution in [0.25, 0.3) is 0 Å². The van der Waals surface area contributed by atoms with Crippen molar-refractivity contribution in [1.29, 1.82) is 0 Å². The molecule has 0 aliphatic heterocycles. The quantitative estimate of drug-likeness (QED) is 0.541. The van der Waals surface area contributed by atoms with Gasteiger partial charge in [0.25, 0.3) is 0 Å². The lowest BCUT2D eigenvalue weighted by molar-refractivity contribution is -0.240. The molecule has 0 atom stereocenters. The van der Waals surface area contributed by atoms with Crippen molar-refractivity contribution in [3.05, 3.63) is 35.9 Å². The minimum absolute atomic E-state index is 0.457. The highest BCUT2D eigenvalue weighted by Crippen LogP contribution is 2.33. The number of carbonyl (C=O) groups excluding carboxylic acids is 1. The van der Waals surface area contributed by atoms with Crippen molar-refractivity contribution in [2.24, 2.45) is 5.92 Å². The van der Waals surface area contributed by atoms with Crippen molar-refractivity contribution >= 4 is 5.97 Å². The van der Waals surface area contributed by atoms with Crippen LogP contribution in [0.4, 0.5) is 0 Å². The minimum Gasteiger partial charge on any atom is -0.497 e. The predicted octanol–water partition coefficient (Wildman–Crippen LogP) is 4.70. The van der Waals surface area contributed by atoms with E-state index >= 15 is 0 Å². The highest BCUT2D eigenvalue weighted by Gasteiger charge is 2.24. The van der Waals surface area contributed by atoms with Gasteiger partial charge in [0.15, 0.2) is 0 Å². The monoisotopic (exact) mass is 305 g/mol. The van der Waals surface area contributed by atoms with Crippen LogP contribution in [0.5, 0.6) is 5.75 Å². The van der Waals surface area contributed by atoms with Crippen molar-refractivity contribution in [1.82, 2.24) is 0 Å². The minimum atomic E-state index is -0.469. The van der Waals surface area contributed by atoms with Crippen molar-refractivity contribution in [3.8, 4) is 5.75 Å². The molecule has 0 heterocycles. The molecule has 1 fully saturated rings. The highest BCUT2D eigenvalue weighted by atomic mass is 17.2. The van der Waals surface area contributed by atoms with Crippen LogP contribution >= 0.6 is 0 Å². The Morgan fingerprint density at radius 1 is 1.18 bits per heavy atom. The van der Waals surface area contributed by atoms with Gasteiger partial charge in [-0.3, -0.25) is 4.89 Å². The number of carbonyl (C=O) groups is 1. The number of hydrogen-bond acceptors (Lipinski definition) is 4. The van der Waals surface area contributed by atoms with Gasteiger partial charge in [0.1, 0.15) is 11.9 Å². The van der Waals surface area contributed by atoms with Crippen LogP contribution in [0, 0.1) is 12.0 Å². The van der Waals surface area contributed by atoms with Gasteiger partial charge in [-0.1, -0.05) is 26.2 Å². The molecule has 22 heavy (non-hydrogen) atoms.